The maximum atomic E-state index is 14.1. The minimum Gasteiger partial charge on any atom is -0.351 e. The van der Waals surface area contributed by atoms with Crippen molar-refractivity contribution in [2.24, 2.45) is 0 Å². The van der Waals surface area contributed by atoms with Crippen LogP contribution in [0, 0.1) is 17.1 Å². The first-order chi connectivity index (χ1) is 17.6. The lowest BCUT2D eigenvalue weighted by atomic mass is 10.1. The largest absolute Gasteiger partial charge is 0.351 e. The van der Waals surface area contributed by atoms with Gasteiger partial charge < -0.3 is 19.9 Å². The molecule has 0 unspecified atom stereocenters. The molecule has 0 fully saturated rings. The Kier molecular flexibility index (Phi) is 7.40. The van der Waals surface area contributed by atoms with Gasteiger partial charge >= 0.3 is 6.03 Å². The number of carbonyl (C=O) groups is 2. The smallest absolute Gasteiger partial charge is 0.321 e. The fourth-order valence-corrected chi connectivity index (χ4v) is 3.95. The molecule has 0 aliphatic carbocycles. The Bertz CT molecular complexity index is 1500. The zero-order valence-electron chi connectivity index (χ0n) is 20.4. The molecule has 0 aliphatic heterocycles. The molecule has 37 heavy (non-hydrogen) atoms. The predicted molar refractivity (Wildman–Crippen MR) is 137 cm³/mol. The van der Waals surface area contributed by atoms with Crippen LogP contribution in [0.1, 0.15) is 18.2 Å². The minimum atomic E-state index is -0.707. The number of imidazole rings is 1. The molecule has 190 valence electrons. The van der Waals surface area contributed by atoms with E-state index in [1.54, 1.807) is 66.0 Å². The average molecular weight is 523 g/mol. The lowest BCUT2D eigenvalue weighted by Crippen LogP contribution is -2.36. The van der Waals surface area contributed by atoms with Crippen LogP contribution in [0.15, 0.2) is 48.9 Å². The van der Waals surface area contributed by atoms with Crippen LogP contribution in [-0.2, 0) is 17.8 Å². The van der Waals surface area contributed by atoms with Crippen molar-refractivity contribution in [1.82, 2.24) is 29.4 Å². The van der Waals surface area contributed by atoms with Crippen LogP contribution >= 0.6 is 11.6 Å². The second kappa shape index (κ2) is 10.7. The number of pyridine rings is 1. The first-order valence-corrected chi connectivity index (χ1v) is 11.7. The fourth-order valence-electron chi connectivity index (χ4n) is 3.70. The molecular formula is C25H24ClFN8O2. The zero-order valence-corrected chi connectivity index (χ0v) is 21.1. The molecule has 3 amide bonds. The maximum Gasteiger partial charge on any atom is 0.321 e. The van der Waals surface area contributed by atoms with Crippen molar-refractivity contribution in [3.8, 4) is 17.3 Å². The summed E-state index contributed by atoms with van der Waals surface area (Å²) in [4.78, 5) is 30.4. The van der Waals surface area contributed by atoms with Crippen LogP contribution < -0.4 is 10.6 Å². The van der Waals surface area contributed by atoms with E-state index in [0.717, 1.165) is 0 Å². The Hall–Kier alpha value is -4.43. The molecule has 10 nitrogen and oxygen atoms in total. The molecule has 0 radical (unpaired) electrons. The summed E-state index contributed by atoms with van der Waals surface area (Å²) in [7, 11) is 3.31. The summed E-state index contributed by atoms with van der Waals surface area (Å²) in [6.07, 6.45) is 5.28. The van der Waals surface area contributed by atoms with Crippen molar-refractivity contribution in [3.05, 3.63) is 71.0 Å². The number of benzene rings is 1. The number of fused-ring (bicyclic) bond motifs is 1. The van der Waals surface area contributed by atoms with Gasteiger partial charge in [-0.2, -0.15) is 10.4 Å². The van der Waals surface area contributed by atoms with Gasteiger partial charge in [0.15, 0.2) is 0 Å². The van der Waals surface area contributed by atoms with E-state index in [1.807, 2.05) is 6.92 Å². The van der Waals surface area contributed by atoms with Gasteiger partial charge in [-0.25, -0.2) is 14.2 Å². The molecule has 12 heteroatoms. The highest BCUT2D eigenvalue weighted by Gasteiger charge is 2.15. The third-order valence-electron chi connectivity index (χ3n) is 5.46. The summed E-state index contributed by atoms with van der Waals surface area (Å²) in [6, 6.07) is 9.17. The van der Waals surface area contributed by atoms with Crippen molar-refractivity contribution in [2.75, 3.05) is 19.4 Å². The van der Waals surface area contributed by atoms with Crippen LogP contribution in [0.5, 0.6) is 0 Å². The summed E-state index contributed by atoms with van der Waals surface area (Å²) in [5.74, 6) is -0.910. The van der Waals surface area contributed by atoms with Gasteiger partial charge in [-0.3, -0.25) is 9.48 Å². The standard InChI is InChI=1S/C25H24ClFN8O2/c1-15(12-35-7-6-22(32-35)16-8-20(26)19(11-28)21(27)9-16)29-24(36)10-18-14-34-13-17(4-5-23(34)30-18)31-25(37)33(2)3/h4-9,13-15H,10,12H2,1-3H3,(H,29,36)(H,31,37)/t15-/m0/s1. The van der Waals surface area contributed by atoms with E-state index < -0.39 is 5.82 Å². The van der Waals surface area contributed by atoms with Crippen LogP contribution in [-0.4, -0.2) is 56.1 Å². The molecule has 4 aromatic rings. The summed E-state index contributed by atoms with van der Waals surface area (Å²) >= 11 is 5.99. The van der Waals surface area contributed by atoms with E-state index >= 15 is 0 Å². The quantitative estimate of drug-likeness (QED) is 0.383. The maximum absolute atomic E-state index is 14.1. The highest BCUT2D eigenvalue weighted by Crippen LogP contribution is 2.26. The Balaban J connectivity index is 1.35. The fraction of sp³-hybridized carbons (Fsp3) is 0.240. The highest BCUT2D eigenvalue weighted by atomic mass is 35.5. The number of rotatable bonds is 7. The van der Waals surface area contributed by atoms with Crippen LogP contribution in [0.4, 0.5) is 14.9 Å². The first kappa shape index (κ1) is 25.7. The summed E-state index contributed by atoms with van der Waals surface area (Å²) in [6.45, 7) is 2.24. The van der Waals surface area contributed by atoms with Gasteiger partial charge in [-0.15, -0.1) is 0 Å². The number of anilines is 1. The number of halogens is 2. The molecule has 4 rings (SSSR count). The van der Waals surface area contributed by atoms with Gasteiger partial charge in [0, 0.05) is 44.3 Å². The van der Waals surface area contributed by atoms with E-state index in [9.17, 15) is 14.0 Å². The van der Waals surface area contributed by atoms with Crippen molar-refractivity contribution in [2.45, 2.75) is 25.9 Å². The SMILES string of the molecule is C[C@@H](Cn1ccc(-c2cc(F)c(C#N)c(Cl)c2)n1)NC(=O)Cc1cn2cc(NC(=O)N(C)C)ccc2n1. The third kappa shape index (κ3) is 6.05. The molecule has 3 aromatic heterocycles. The lowest BCUT2D eigenvalue weighted by Gasteiger charge is -2.13. The molecule has 0 spiro atoms. The topological polar surface area (TPSA) is 120 Å². The number of aromatic nitrogens is 4. The summed E-state index contributed by atoms with van der Waals surface area (Å²) in [5, 5.41) is 19.1. The van der Waals surface area contributed by atoms with Crippen molar-refractivity contribution in [3.63, 3.8) is 0 Å². The van der Waals surface area contributed by atoms with Gasteiger partial charge in [-0.05, 0) is 37.3 Å². The second-order valence-electron chi connectivity index (χ2n) is 8.74. The number of hydrogen-bond acceptors (Lipinski definition) is 5. The second-order valence-corrected chi connectivity index (χ2v) is 9.14. The molecule has 2 N–H and O–H groups in total. The van der Waals surface area contributed by atoms with Gasteiger partial charge in [-0.1, -0.05) is 11.6 Å². The number of hydrogen-bond donors (Lipinski definition) is 2. The molecule has 0 saturated heterocycles. The number of nitrogens with one attached hydrogen (secondary N) is 2. The van der Waals surface area contributed by atoms with Crippen molar-refractivity contribution >= 4 is 34.9 Å². The lowest BCUT2D eigenvalue weighted by molar-refractivity contribution is -0.121. The van der Waals surface area contributed by atoms with E-state index in [4.69, 9.17) is 16.9 Å². The molecule has 0 bridgehead atoms. The monoisotopic (exact) mass is 522 g/mol. The van der Waals surface area contributed by atoms with Gasteiger partial charge in [0.1, 0.15) is 23.1 Å². The van der Waals surface area contributed by atoms with E-state index in [1.165, 1.54) is 17.0 Å². The number of urea groups is 1. The molecule has 1 aromatic carbocycles. The van der Waals surface area contributed by atoms with Gasteiger partial charge in [0.05, 0.1) is 35.1 Å². The number of amides is 3. The molecular weight excluding hydrogens is 499 g/mol. The first-order valence-electron chi connectivity index (χ1n) is 11.3. The number of carbonyl (C=O) groups excluding carboxylic acids is 2. The van der Waals surface area contributed by atoms with Gasteiger partial charge in [0.2, 0.25) is 5.91 Å². The average Bonchev–Trinajstić information content (AvgIpc) is 3.44. The third-order valence-corrected chi connectivity index (χ3v) is 5.76. The van der Waals surface area contributed by atoms with Crippen LogP contribution in [0.25, 0.3) is 16.9 Å². The van der Waals surface area contributed by atoms with Crippen molar-refractivity contribution < 1.29 is 14.0 Å². The van der Waals surface area contributed by atoms with Crippen LogP contribution in [0.3, 0.4) is 0 Å². The molecule has 3 heterocycles. The summed E-state index contributed by atoms with van der Waals surface area (Å²) < 4.78 is 17.5. The van der Waals surface area contributed by atoms with E-state index in [-0.39, 0.29) is 35.0 Å². The number of nitrogens with zero attached hydrogens (tertiary/aromatic N) is 6. The zero-order chi connectivity index (χ0) is 26.7. The Morgan fingerprint density at radius 1 is 1.24 bits per heavy atom. The van der Waals surface area contributed by atoms with Gasteiger partial charge in [0.25, 0.3) is 0 Å². The molecule has 1 atom stereocenters. The predicted octanol–water partition coefficient (Wildman–Crippen LogP) is 3.70. The van der Waals surface area contributed by atoms with E-state index in [2.05, 4.69) is 20.7 Å². The Morgan fingerprint density at radius 2 is 2.03 bits per heavy atom. The molecule has 0 saturated carbocycles. The van der Waals surface area contributed by atoms with Crippen molar-refractivity contribution in [1.29, 1.82) is 5.26 Å². The number of nitriles is 1. The Morgan fingerprint density at radius 3 is 2.73 bits per heavy atom. The summed E-state index contributed by atoms with van der Waals surface area (Å²) in [5.41, 5.74) is 2.59. The Labute approximate surface area is 217 Å². The molecule has 0 aliphatic rings. The highest BCUT2D eigenvalue weighted by molar-refractivity contribution is 6.32. The normalized spacial score (nSPS) is 11.7. The van der Waals surface area contributed by atoms with Crippen LogP contribution in [0.2, 0.25) is 5.02 Å². The minimum absolute atomic E-state index is 0.0224. The van der Waals surface area contributed by atoms with E-state index in [0.29, 0.717) is 34.8 Å².